The van der Waals surface area contributed by atoms with Gasteiger partial charge < -0.3 is 5.11 Å². The van der Waals surface area contributed by atoms with Gasteiger partial charge in [-0.3, -0.25) is 0 Å². The van der Waals surface area contributed by atoms with Crippen LogP contribution in [0.3, 0.4) is 0 Å². The van der Waals surface area contributed by atoms with Gasteiger partial charge in [-0.05, 0) is 53.9 Å². The third-order valence-corrected chi connectivity index (χ3v) is 11.4. The van der Waals surface area contributed by atoms with Crippen LogP contribution in [0.15, 0.2) is 176 Å². The summed E-state index contributed by atoms with van der Waals surface area (Å²) in [5, 5.41) is 15.7. The first kappa shape index (κ1) is 27.1. The van der Waals surface area contributed by atoms with E-state index >= 15 is 0 Å². The third-order valence-electron chi connectivity index (χ3n) is 7.06. The molecule has 0 amide bonds. The predicted octanol–water partition coefficient (Wildman–Crippen LogP) is 7.53. The lowest BCUT2D eigenvalue weighted by Crippen LogP contribution is -2.32. The minimum atomic E-state index is -1.78. The lowest BCUT2D eigenvalue weighted by atomic mass is 10.0. The molecule has 40 heavy (non-hydrogen) atoms. The molecule has 0 N–H and O–H groups in total. The van der Waals surface area contributed by atoms with Gasteiger partial charge in [0, 0.05) is 0 Å². The van der Waals surface area contributed by atoms with Crippen molar-refractivity contribution in [2.24, 2.45) is 0 Å². The van der Waals surface area contributed by atoms with Crippen molar-refractivity contribution in [1.29, 1.82) is 0 Å². The van der Waals surface area contributed by atoms with Crippen LogP contribution in [-0.2, 0) is 12.6 Å². The van der Waals surface area contributed by atoms with Crippen molar-refractivity contribution in [2.75, 3.05) is 0 Å². The fraction of sp³-hybridized carbons (Fsp3) is 0.0526. The molecule has 0 aromatic heterocycles. The Kier molecular flexibility index (Phi) is 9.20. The zero-order valence-electron chi connectivity index (χ0n) is 22.5. The molecule has 0 aliphatic heterocycles. The fourth-order valence-corrected chi connectivity index (χ4v) is 9.34. The van der Waals surface area contributed by atoms with Crippen molar-refractivity contribution in [2.45, 2.75) is 12.6 Å². The summed E-state index contributed by atoms with van der Waals surface area (Å²) in [7, 11) is -1.78. The molecule has 6 aromatic rings. The van der Waals surface area contributed by atoms with E-state index in [0.29, 0.717) is 0 Å². The molecule has 0 saturated heterocycles. The minimum Gasteiger partial charge on any atom is -0.872 e. The van der Waals surface area contributed by atoms with Crippen molar-refractivity contribution in [1.82, 2.24) is 0 Å². The van der Waals surface area contributed by atoms with E-state index in [4.69, 9.17) is 0 Å². The van der Waals surface area contributed by atoms with Crippen molar-refractivity contribution in [3.8, 4) is 5.75 Å². The van der Waals surface area contributed by atoms with Crippen molar-refractivity contribution in [3.63, 3.8) is 0 Å². The smallest absolute Gasteiger partial charge is 0.116 e. The SMILES string of the molecule is [O-]c1ccccc1Cc1ccccc1.c1ccc(C[P+](c2ccccc2)(c2ccccc2)c2ccccc2)cc1. The minimum absolute atomic E-state index is 0.122. The summed E-state index contributed by atoms with van der Waals surface area (Å²) in [5.41, 5.74) is 3.42. The van der Waals surface area contributed by atoms with E-state index in [-0.39, 0.29) is 5.75 Å². The van der Waals surface area contributed by atoms with Gasteiger partial charge in [-0.1, -0.05) is 145 Å². The molecular formula is C38H33OP. The average molecular weight is 537 g/mol. The molecule has 0 fully saturated rings. The molecule has 6 aromatic carbocycles. The highest BCUT2D eigenvalue weighted by Gasteiger charge is 2.45. The van der Waals surface area contributed by atoms with Crippen LogP contribution in [0.2, 0.25) is 0 Å². The van der Waals surface area contributed by atoms with Crippen LogP contribution in [0, 0.1) is 0 Å². The Bertz CT molecular complexity index is 1470. The molecule has 0 unspecified atom stereocenters. The van der Waals surface area contributed by atoms with Crippen LogP contribution in [0.4, 0.5) is 0 Å². The monoisotopic (exact) mass is 536 g/mol. The molecule has 0 aliphatic carbocycles. The molecule has 0 bridgehead atoms. The van der Waals surface area contributed by atoms with Gasteiger partial charge in [0.15, 0.2) is 0 Å². The van der Waals surface area contributed by atoms with E-state index in [1.807, 2.05) is 42.5 Å². The molecule has 0 atom stereocenters. The second-order valence-corrected chi connectivity index (χ2v) is 13.2. The van der Waals surface area contributed by atoms with Crippen LogP contribution >= 0.6 is 7.26 Å². The van der Waals surface area contributed by atoms with E-state index in [1.165, 1.54) is 27.0 Å². The van der Waals surface area contributed by atoms with E-state index < -0.39 is 7.26 Å². The van der Waals surface area contributed by atoms with E-state index in [0.717, 1.165) is 18.1 Å². The third kappa shape index (κ3) is 6.57. The summed E-state index contributed by atoms with van der Waals surface area (Å²) in [5.74, 6) is 0.122. The van der Waals surface area contributed by atoms with Gasteiger partial charge in [-0.25, -0.2) is 0 Å². The first-order valence-electron chi connectivity index (χ1n) is 13.6. The molecule has 0 spiro atoms. The number of rotatable bonds is 7. The Morgan fingerprint density at radius 3 is 1.15 bits per heavy atom. The summed E-state index contributed by atoms with van der Waals surface area (Å²) >= 11 is 0. The number of hydrogen-bond donors (Lipinski definition) is 0. The first-order chi connectivity index (χ1) is 19.8. The predicted molar refractivity (Wildman–Crippen MR) is 170 cm³/mol. The summed E-state index contributed by atoms with van der Waals surface area (Å²) in [6.07, 6.45) is 1.76. The molecule has 6 rings (SSSR count). The highest BCUT2D eigenvalue weighted by atomic mass is 31.2. The summed E-state index contributed by atoms with van der Waals surface area (Å²) in [6, 6.07) is 61.2. The van der Waals surface area contributed by atoms with Gasteiger partial charge in [0.05, 0.1) is 6.16 Å². The van der Waals surface area contributed by atoms with Gasteiger partial charge in [0.25, 0.3) is 0 Å². The highest BCUT2D eigenvalue weighted by Crippen LogP contribution is 2.58. The van der Waals surface area contributed by atoms with Crippen molar-refractivity contribution < 1.29 is 5.11 Å². The summed E-state index contributed by atoms with van der Waals surface area (Å²) < 4.78 is 0. The molecule has 0 saturated carbocycles. The standard InChI is InChI=1S/C25H22P.C13H12O/c1-5-13-22(14-6-1)21-26(23-15-7-2-8-16-23,24-17-9-3-10-18-24)25-19-11-4-12-20-25;14-13-9-5-4-8-12(13)10-11-6-2-1-3-7-11/h1-20H,21H2;1-9,14H,10H2/q+1;/p-1. The van der Waals surface area contributed by atoms with Crippen molar-refractivity contribution in [3.05, 3.63) is 193 Å². The van der Waals surface area contributed by atoms with E-state index in [2.05, 4.69) is 121 Å². The summed E-state index contributed by atoms with van der Waals surface area (Å²) in [6.45, 7) is 0. The maximum atomic E-state index is 11.4. The van der Waals surface area contributed by atoms with Crippen LogP contribution in [0.5, 0.6) is 5.75 Å². The topological polar surface area (TPSA) is 23.1 Å². The van der Waals surface area contributed by atoms with Gasteiger partial charge in [0.2, 0.25) is 0 Å². The van der Waals surface area contributed by atoms with Crippen LogP contribution < -0.4 is 21.0 Å². The molecule has 0 radical (unpaired) electrons. The number of hydrogen-bond acceptors (Lipinski definition) is 1. The Morgan fingerprint density at radius 2 is 0.725 bits per heavy atom. The maximum absolute atomic E-state index is 11.4. The number of benzene rings is 6. The highest BCUT2D eigenvalue weighted by molar-refractivity contribution is 7.95. The zero-order valence-corrected chi connectivity index (χ0v) is 23.4. The normalized spacial score (nSPS) is 10.8. The molecular weight excluding hydrogens is 503 g/mol. The van der Waals surface area contributed by atoms with Crippen molar-refractivity contribution >= 4 is 23.2 Å². The fourth-order valence-electron chi connectivity index (χ4n) is 5.09. The number of para-hydroxylation sites is 1. The van der Waals surface area contributed by atoms with E-state index in [1.54, 1.807) is 12.1 Å². The maximum Gasteiger partial charge on any atom is 0.116 e. The van der Waals surface area contributed by atoms with E-state index in [9.17, 15) is 5.11 Å². The Balaban J connectivity index is 0.000000194. The lowest BCUT2D eigenvalue weighted by molar-refractivity contribution is -0.269. The molecule has 2 heteroatoms. The van der Waals surface area contributed by atoms with Crippen LogP contribution in [-0.4, -0.2) is 0 Å². The second kappa shape index (κ2) is 13.6. The molecule has 0 heterocycles. The Labute approximate surface area is 238 Å². The zero-order chi connectivity index (χ0) is 27.5. The quantitative estimate of drug-likeness (QED) is 0.193. The molecule has 196 valence electrons. The Morgan fingerprint density at radius 1 is 0.375 bits per heavy atom. The van der Waals surface area contributed by atoms with Crippen LogP contribution in [0.1, 0.15) is 16.7 Å². The molecule has 0 aliphatic rings. The van der Waals surface area contributed by atoms with Gasteiger partial charge in [-0.2, -0.15) is 0 Å². The first-order valence-corrected chi connectivity index (χ1v) is 15.6. The molecule has 1 nitrogen and oxygen atoms in total. The largest absolute Gasteiger partial charge is 0.872 e. The van der Waals surface area contributed by atoms with Crippen LogP contribution in [0.25, 0.3) is 0 Å². The van der Waals surface area contributed by atoms with Gasteiger partial charge in [0.1, 0.15) is 23.2 Å². The second-order valence-electron chi connectivity index (χ2n) is 9.73. The average Bonchev–Trinajstić information content (AvgIpc) is 3.04. The van der Waals surface area contributed by atoms with Gasteiger partial charge >= 0.3 is 0 Å². The van der Waals surface area contributed by atoms with Gasteiger partial charge in [-0.15, -0.1) is 5.75 Å². The lowest BCUT2D eigenvalue weighted by Gasteiger charge is -2.27. The summed E-state index contributed by atoms with van der Waals surface area (Å²) in [4.78, 5) is 0. The Hall–Kier alpha value is -4.45.